The molecule has 0 amide bonds. The normalized spacial score (nSPS) is 10.5. The first-order chi connectivity index (χ1) is 5.24. The Bertz CT molecular complexity index is 218. The van der Waals surface area contributed by atoms with Gasteiger partial charge in [0, 0.05) is 6.20 Å². The Balaban J connectivity index is 2.83. The molecule has 0 saturated carbocycles. The summed E-state index contributed by atoms with van der Waals surface area (Å²) in [7, 11) is 0. The predicted molar refractivity (Wildman–Crippen MR) is 38.3 cm³/mol. The lowest BCUT2D eigenvalue weighted by Gasteiger charge is -1.98. The number of rotatable bonds is 2. The van der Waals surface area contributed by atoms with Gasteiger partial charge in [0.2, 0.25) is 0 Å². The summed E-state index contributed by atoms with van der Waals surface area (Å²) in [5, 5.41) is 0. The predicted octanol–water partition coefficient (Wildman–Crippen LogP) is 2.40. The Kier molecular flexibility index (Phi) is 2.52. The van der Waals surface area contributed by atoms with Gasteiger partial charge in [0.1, 0.15) is 5.69 Å². The molecule has 0 aliphatic heterocycles. The van der Waals surface area contributed by atoms with Crippen LogP contribution >= 0.6 is 0 Å². The maximum atomic E-state index is 11.9. The highest BCUT2D eigenvalue weighted by Gasteiger charge is 2.06. The van der Waals surface area contributed by atoms with Crippen LogP contribution in [0.3, 0.4) is 0 Å². The van der Waals surface area contributed by atoms with Crippen molar-refractivity contribution in [1.29, 1.82) is 0 Å². The molecule has 0 fully saturated rings. The number of hydrogen-bond acceptors (Lipinski definition) is 1. The Morgan fingerprint density at radius 3 is 2.55 bits per heavy atom. The van der Waals surface area contributed by atoms with Crippen LogP contribution in [0, 0.1) is 6.92 Å². The summed E-state index contributed by atoms with van der Waals surface area (Å²) in [5.74, 6) is 0. The van der Waals surface area contributed by atoms with Crippen LogP contribution in [-0.2, 0) is 6.42 Å². The summed E-state index contributed by atoms with van der Waals surface area (Å²) >= 11 is 0. The van der Waals surface area contributed by atoms with Crippen LogP contribution in [0.15, 0.2) is 18.3 Å². The molecule has 0 unspecified atom stereocenters. The molecular formula is C8H8F2N. The molecule has 1 rings (SSSR count). The molecule has 0 spiro atoms. The number of pyridine rings is 1. The van der Waals surface area contributed by atoms with E-state index in [1.165, 1.54) is 12.3 Å². The summed E-state index contributed by atoms with van der Waals surface area (Å²) in [6, 6.07) is 2.94. The van der Waals surface area contributed by atoms with Gasteiger partial charge in [-0.05, 0) is 25.0 Å². The molecule has 0 aromatic carbocycles. The lowest BCUT2D eigenvalue weighted by molar-refractivity contribution is 0.146. The van der Waals surface area contributed by atoms with E-state index in [2.05, 4.69) is 11.9 Å². The molecule has 0 aliphatic carbocycles. The van der Waals surface area contributed by atoms with Gasteiger partial charge in [-0.2, -0.15) is 0 Å². The Labute approximate surface area is 64.1 Å². The highest BCUT2D eigenvalue weighted by atomic mass is 19.3. The van der Waals surface area contributed by atoms with Gasteiger partial charge in [-0.15, -0.1) is 0 Å². The zero-order valence-electron chi connectivity index (χ0n) is 5.93. The highest BCUT2D eigenvalue weighted by Crippen LogP contribution is 2.15. The molecule has 11 heavy (non-hydrogen) atoms. The summed E-state index contributed by atoms with van der Waals surface area (Å²) in [5.41, 5.74) is 0.691. The third-order valence-corrected chi connectivity index (χ3v) is 1.36. The van der Waals surface area contributed by atoms with E-state index in [4.69, 9.17) is 0 Å². The van der Waals surface area contributed by atoms with Gasteiger partial charge in [-0.3, -0.25) is 4.98 Å². The molecule has 1 heterocycles. The first-order valence-corrected chi connectivity index (χ1v) is 3.26. The SMILES string of the molecule is [CH2]Cc1ccc(C(F)F)nc1. The van der Waals surface area contributed by atoms with E-state index in [0.29, 0.717) is 6.42 Å². The van der Waals surface area contributed by atoms with E-state index in [9.17, 15) is 8.78 Å². The number of halogens is 2. The average Bonchev–Trinajstić information content (AvgIpc) is 2.05. The largest absolute Gasteiger partial charge is 0.280 e. The number of hydrogen-bond donors (Lipinski definition) is 0. The van der Waals surface area contributed by atoms with Crippen LogP contribution < -0.4 is 0 Å². The van der Waals surface area contributed by atoms with Crippen LogP contribution in [0.1, 0.15) is 17.7 Å². The molecule has 1 aromatic heterocycles. The Morgan fingerprint density at radius 1 is 1.45 bits per heavy atom. The summed E-state index contributed by atoms with van der Waals surface area (Å²) in [6.07, 6.45) is -0.473. The van der Waals surface area contributed by atoms with Gasteiger partial charge in [-0.1, -0.05) is 6.07 Å². The Hall–Kier alpha value is -0.990. The van der Waals surface area contributed by atoms with Gasteiger partial charge >= 0.3 is 0 Å². The summed E-state index contributed by atoms with van der Waals surface area (Å²) in [6.45, 7) is 3.60. The second kappa shape index (κ2) is 3.42. The lowest BCUT2D eigenvalue weighted by Crippen LogP contribution is -1.90. The van der Waals surface area contributed by atoms with Crippen molar-refractivity contribution < 1.29 is 8.78 Å². The van der Waals surface area contributed by atoms with Crippen LogP contribution in [0.2, 0.25) is 0 Å². The average molecular weight is 156 g/mol. The summed E-state index contributed by atoms with van der Waals surface area (Å²) in [4.78, 5) is 3.56. The van der Waals surface area contributed by atoms with Gasteiger partial charge in [0.15, 0.2) is 0 Å². The molecule has 1 radical (unpaired) electrons. The maximum absolute atomic E-state index is 11.9. The molecule has 0 saturated heterocycles. The minimum absolute atomic E-state index is 0.179. The van der Waals surface area contributed by atoms with E-state index in [0.717, 1.165) is 5.56 Å². The fraction of sp³-hybridized carbons (Fsp3) is 0.250. The van der Waals surface area contributed by atoms with E-state index in [-0.39, 0.29) is 5.69 Å². The van der Waals surface area contributed by atoms with Crippen LogP contribution in [0.25, 0.3) is 0 Å². The third-order valence-electron chi connectivity index (χ3n) is 1.36. The minimum Gasteiger partial charge on any atom is -0.255 e. The maximum Gasteiger partial charge on any atom is 0.280 e. The van der Waals surface area contributed by atoms with Crippen molar-refractivity contribution in [3.8, 4) is 0 Å². The van der Waals surface area contributed by atoms with E-state index < -0.39 is 6.43 Å². The van der Waals surface area contributed by atoms with Crippen LogP contribution in [0.4, 0.5) is 8.78 Å². The third kappa shape index (κ3) is 1.97. The fourth-order valence-corrected chi connectivity index (χ4v) is 0.713. The summed E-state index contributed by atoms with van der Waals surface area (Å²) < 4.78 is 23.8. The van der Waals surface area contributed by atoms with Crippen molar-refractivity contribution >= 4 is 0 Å². The van der Waals surface area contributed by atoms with Crippen molar-refractivity contribution in [3.63, 3.8) is 0 Å². The van der Waals surface area contributed by atoms with E-state index in [1.54, 1.807) is 6.07 Å². The minimum atomic E-state index is -2.48. The van der Waals surface area contributed by atoms with Crippen molar-refractivity contribution in [2.45, 2.75) is 12.8 Å². The zero-order valence-corrected chi connectivity index (χ0v) is 5.93. The molecule has 1 aromatic rings. The molecule has 0 N–H and O–H groups in total. The Morgan fingerprint density at radius 2 is 2.18 bits per heavy atom. The highest BCUT2D eigenvalue weighted by molar-refractivity contribution is 5.15. The van der Waals surface area contributed by atoms with Gasteiger partial charge in [0.25, 0.3) is 6.43 Å². The standard InChI is InChI=1S/C8H8F2N/c1-2-6-3-4-7(8(9)10)11-5-6/h3-5,8H,1-2H2. The van der Waals surface area contributed by atoms with Crippen molar-refractivity contribution in [2.75, 3.05) is 0 Å². The monoisotopic (exact) mass is 156 g/mol. The van der Waals surface area contributed by atoms with Gasteiger partial charge in [0.05, 0.1) is 0 Å². The lowest BCUT2D eigenvalue weighted by atomic mass is 10.2. The van der Waals surface area contributed by atoms with Crippen molar-refractivity contribution in [3.05, 3.63) is 36.5 Å². The fourth-order valence-electron chi connectivity index (χ4n) is 0.713. The number of aromatic nitrogens is 1. The molecule has 0 aliphatic rings. The topological polar surface area (TPSA) is 12.9 Å². The van der Waals surface area contributed by atoms with Crippen molar-refractivity contribution in [2.24, 2.45) is 0 Å². The van der Waals surface area contributed by atoms with Crippen LogP contribution in [0.5, 0.6) is 0 Å². The molecule has 1 nitrogen and oxygen atoms in total. The first kappa shape index (κ1) is 8.11. The smallest absolute Gasteiger partial charge is 0.255 e. The molecule has 0 bridgehead atoms. The van der Waals surface area contributed by atoms with E-state index >= 15 is 0 Å². The number of alkyl halides is 2. The number of nitrogens with zero attached hydrogens (tertiary/aromatic N) is 1. The molecular weight excluding hydrogens is 148 g/mol. The second-order valence-corrected chi connectivity index (χ2v) is 2.14. The molecule has 3 heteroatoms. The van der Waals surface area contributed by atoms with Gasteiger partial charge < -0.3 is 0 Å². The first-order valence-electron chi connectivity index (χ1n) is 3.26. The molecule has 59 valence electrons. The van der Waals surface area contributed by atoms with Crippen LogP contribution in [-0.4, -0.2) is 4.98 Å². The van der Waals surface area contributed by atoms with Gasteiger partial charge in [-0.25, -0.2) is 8.78 Å². The molecule has 0 atom stereocenters. The van der Waals surface area contributed by atoms with Crippen molar-refractivity contribution in [1.82, 2.24) is 4.98 Å². The zero-order chi connectivity index (χ0) is 8.27. The second-order valence-electron chi connectivity index (χ2n) is 2.14. The van der Waals surface area contributed by atoms with E-state index in [1.807, 2.05) is 0 Å². The quantitative estimate of drug-likeness (QED) is 0.640.